The van der Waals surface area contributed by atoms with Crippen LogP contribution in [0.5, 0.6) is 0 Å². The van der Waals surface area contributed by atoms with Gasteiger partial charge in [-0.15, -0.1) is 0 Å². The van der Waals surface area contributed by atoms with Crippen molar-refractivity contribution in [1.29, 1.82) is 0 Å². The molecule has 0 radical (unpaired) electrons. The molecule has 3 nitrogen and oxygen atoms in total. The second-order valence-corrected chi connectivity index (χ2v) is 12.6. The maximum atomic E-state index is 6.53. The van der Waals surface area contributed by atoms with Gasteiger partial charge in [0, 0.05) is 44.0 Å². The third kappa shape index (κ3) is 4.44. The number of rotatable bonds is 5. The molecule has 230 valence electrons. The minimum Gasteiger partial charge on any atom is -0.456 e. The predicted octanol–water partition coefficient (Wildman–Crippen LogP) is 13.0. The van der Waals surface area contributed by atoms with Gasteiger partial charge in [-0.05, 0) is 95.4 Å². The fourth-order valence-electron chi connectivity index (χ4n) is 7.50. The lowest BCUT2D eigenvalue weighted by Crippen LogP contribution is -2.10. The second kappa shape index (κ2) is 11.0. The van der Waals surface area contributed by atoms with E-state index < -0.39 is 0 Å². The molecule has 0 fully saturated rings. The SMILES string of the molecule is c1ccc(N(c2ccc3oc4cc(-c5ccc6c(c5)c5ccccc5n6-c5ccccc5)ccc4c3c2)c2cccc3ccccc23)cc1. The Hall–Kier alpha value is -6.58. The van der Waals surface area contributed by atoms with Gasteiger partial charge in [-0.1, -0.05) is 103 Å². The summed E-state index contributed by atoms with van der Waals surface area (Å²) in [5, 5.41) is 7.11. The van der Waals surface area contributed by atoms with Crippen molar-refractivity contribution in [3.05, 3.63) is 182 Å². The lowest BCUT2D eigenvalue weighted by molar-refractivity contribution is 0.669. The quantitative estimate of drug-likeness (QED) is 0.190. The zero-order chi connectivity index (χ0) is 32.3. The molecule has 0 bridgehead atoms. The highest BCUT2D eigenvalue weighted by Crippen LogP contribution is 2.42. The minimum absolute atomic E-state index is 0.878. The van der Waals surface area contributed by atoms with Gasteiger partial charge in [-0.25, -0.2) is 0 Å². The van der Waals surface area contributed by atoms with Crippen molar-refractivity contribution in [3.63, 3.8) is 0 Å². The molecule has 2 heterocycles. The van der Waals surface area contributed by atoms with Crippen LogP contribution in [0.3, 0.4) is 0 Å². The molecule has 49 heavy (non-hydrogen) atoms. The highest BCUT2D eigenvalue weighted by molar-refractivity contribution is 6.11. The van der Waals surface area contributed by atoms with E-state index in [0.717, 1.165) is 55.8 Å². The van der Waals surface area contributed by atoms with Crippen LogP contribution < -0.4 is 4.90 Å². The maximum absolute atomic E-state index is 6.53. The number of para-hydroxylation sites is 3. The zero-order valence-electron chi connectivity index (χ0n) is 26.6. The summed E-state index contributed by atoms with van der Waals surface area (Å²) in [4.78, 5) is 2.34. The van der Waals surface area contributed by atoms with Gasteiger partial charge >= 0.3 is 0 Å². The molecule has 3 heteroatoms. The Morgan fingerprint density at radius 1 is 0.388 bits per heavy atom. The summed E-state index contributed by atoms with van der Waals surface area (Å²) in [6.45, 7) is 0. The molecule has 0 saturated heterocycles. The number of furan rings is 1. The number of aromatic nitrogens is 1. The Labute approximate surface area is 283 Å². The van der Waals surface area contributed by atoms with E-state index in [1.807, 2.05) is 0 Å². The third-order valence-corrected chi connectivity index (χ3v) is 9.76. The Balaban J connectivity index is 1.10. The van der Waals surface area contributed by atoms with E-state index in [1.165, 1.54) is 32.6 Å². The first-order valence-corrected chi connectivity index (χ1v) is 16.7. The van der Waals surface area contributed by atoms with Crippen molar-refractivity contribution < 1.29 is 4.42 Å². The molecule has 10 rings (SSSR count). The fourth-order valence-corrected chi connectivity index (χ4v) is 7.50. The Morgan fingerprint density at radius 2 is 1.08 bits per heavy atom. The van der Waals surface area contributed by atoms with E-state index in [1.54, 1.807) is 0 Å². The number of anilines is 3. The summed E-state index contributed by atoms with van der Waals surface area (Å²) in [7, 11) is 0. The predicted molar refractivity (Wildman–Crippen MR) is 206 cm³/mol. The zero-order valence-corrected chi connectivity index (χ0v) is 26.6. The molecule has 0 aliphatic rings. The summed E-state index contributed by atoms with van der Waals surface area (Å²) in [5.74, 6) is 0. The van der Waals surface area contributed by atoms with Gasteiger partial charge in [0.25, 0.3) is 0 Å². The lowest BCUT2D eigenvalue weighted by Gasteiger charge is -2.26. The first-order chi connectivity index (χ1) is 24.3. The molecule has 0 saturated carbocycles. The smallest absolute Gasteiger partial charge is 0.136 e. The maximum Gasteiger partial charge on any atom is 0.136 e. The van der Waals surface area contributed by atoms with E-state index in [4.69, 9.17) is 4.42 Å². The van der Waals surface area contributed by atoms with Crippen LogP contribution in [0.1, 0.15) is 0 Å². The van der Waals surface area contributed by atoms with Gasteiger partial charge in [0.15, 0.2) is 0 Å². The van der Waals surface area contributed by atoms with E-state index in [-0.39, 0.29) is 0 Å². The minimum atomic E-state index is 0.878. The van der Waals surface area contributed by atoms with Gasteiger partial charge in [-0.3, -0.25) is 0 Å². The fraction of sp³-hybridized carbons (Fsp3) is 0. The van der Waals surface area contributed by atoms with Crippen LogP contribution in [-0.4, -0.2) is 4.57 Å². The molecule has 10 aromatic rings. The van der Waals surface area contributed by atoms with E-state index >= 15 is 0 Å². The Bertz CT molecular complexity index is 2820. The molecule has 0 atom stereocenters. The van der Waals surface area contributed by atoms with E-state index in [2.05, 4.69) is 191 Å². The number of hydrogen-bond acceptors (Lipinski definition) is 2. The van der Waals surface area contributed by atoms with Gasteiger partial charge in [0.1, 0.15) is 11.2 Å². The van der Waals surface area contributed by atoms with Crippen molar-refractivity contribution in [2.75, 3.05) is 4.90 Å². The van der Waals surface area contributed by atoms with Crippen LogP contribution in [0.25, 0.3) is 71.3 Å². The lowest BCUT2D eigenvalue weighted by atomic mass is 10.0. The molecule has 2 aromatic heterocycles. The van der Waals surface area contributed by atoms with Crippen LogP contribution in [0, 0.1) is 0 Å². The van der Waals surface area contributed by atoms with Crippen molar-refractivity contribution in [2.45, 2.75) is 0 Å². The van der Waals surface area contributed by atoms with Crippen LogP contribution >= 0.6 is 0 Å². The second-order valence-electron chi connectivity index (χ2n) is 12.6. The van der Waals surface area contributed by atoms with Gasteiger partial charge in [-0.2, -0.15) is 0 Å². The van der Waals surface area contributed by atoms with Gasteiger partial charge in [0.05, 0.1) is 16.7 Å². The molecule has 0 aliphatic heterocycles. The summed E-state index contributed by atoms with van der Waals surface area (Å²) in [6, 6.07) is 64.9. The summed E-state index contributed by atoms with van der Waals surface area (Å²) in [6.07, 6.45) is 0. The molecular weight excluding hydrogens is 597 g/mol. The van der Waals surface area contributed by atoms with Crippen molar-refractivity contribution in [2.24, 2.45) is 0 Å². The normalized spacial score (nSPS) is 11.7. The van der Waals surface area contributed by atoms with Crippen LogP contribution in [0.2, 0.25) is 0 Å². The highest BCUT2D eigenvalue weighted by Gasteiger charge is 2.18. The van der Waals surface area contributed by atoms with Crippen LogP contribution in [-0.2, 0) is 0 Å². The number of benzene rings is 8. The highest BCUT2D eigenvalue weighted by atomic mass is 16.3. The molecule has 0 aliphatic carbocycles. The number of fused-ring (bicyclic) bond motifs is 7. The van der Waals surface area contributed by atoms with Crippen LogP contribution in [0.4, 0.5) is 17.1 Å². The molecule has 8 aromatic carbocycles. The first-order valence-electron chi connectivity index (χ1n) is 16.7. The summed E-state index contributed by atoms with van der Waals surface area (Å²) >= 11 is 0. The van der Waals surface area contributed by atoms with Crippen LogP contribution in [0.15, 0.2) is 186 Å². The average Bonchev–Trinajstić information content (AvgIpc) is 3.70. The third-order valence-electron chi connectivity index (χ3n) is 9.76. The molecule has 0 unspecified atom stereocenters. The monoisotopic (exact) mass is 626 g/mol. The average molecular weight is 627 g/mol. The Morgan fingerprint density at radius 3 is 1.96 bits per heavy atom. The molecule has 0 spiro atoms. The standard InChI is InChI=1S/C46H30N2O/c1-3-14-34(15-4-1)47(42-21-11-13-31-12-7-8-18-37(31)42)36-24-27-45-41(30-36)39-25-22-33(29-46(39)49-45)32-23-26-44-40(28-32)38-19-9-10-20-43(38)48(44)35-16-5-2-6-17-35/h1-30H. The summed E-state index contributed by atoms with van der Waals surface area (Å²) < 4.78 is 8.88. The van der Waals surface area contributed by atoms with Crippen molar-refractivity contribution >= 4 is 71.6 Å². The molecule has 0 N–H and O–H groups in total. The Kier molecular flexibility index (Phi) is 6.18. The first kappa shape index (κ1) is 27.5. The van der Waals surface area contributed by atoms with E-state index in [0.29, 0.717) is 0 Å². The van der Waals surface area contributed by atoms with Gasteiger partial charge < -0.3 is 13.9 Å². The van der Waals surface area contributed by atoms with Gasteiger partial charge in [0.2, 0.25) is 0 Å². The van der Waals surface area contributed by atoms with E-state index in [9.17, 15) is 0 Å². The number of nitrogens with zero attached hydrogens (tertiary/aromatic N) is 2. The summed E-state index contributed by atoms with van der Waals surface area (Å²) in [5.41, 5.74) is 11.0. The largest absolute Gasteiger partial charge is 0.456 e. The topological polar surface area (TPSA) is 21.3 Å². The van der Waals surface area contributed by atoms with Crippen molar-refractivity contribution in [3.8, 4) is 16.8 Å². The molecular formula is C46H30N2O. The number of hydrogen-bond donors (Lipinski definition) is 0. The molecule has 0 amide bonds. The van der Waals surface area contributed by atoms with Crippen molar-refractivity contribution in [1.82, 2.24) is 4.57 Å².